The fourth-order valence-corrected chi connectivity index (χ4v) is 2.88. The molecular formula is C16H27ClN4O. The van der Waals surface area contributed by atoms with Gasteiger partial charge in [0.15, 0.2) is 0 Å². The van der Waals surface area contributed by atoms with Gasteiger partial charge >= 0.3 is 0 Å². The van der Waals surface area contributed by atoms with Crippen molar-refractivity contribution in [3.63, 3.8) is 0 Å². The van der Waals surface area contributed by atoms with Crippen LogP contribution in [-0.4, -0.2) is 63.9 Å². The number of carbonyl (C=O) groups excluding carboxylic acids is 1. The van der Waals surface area contributed by atoms with Crippen molar-refractivity contribution in [1.82, 2.24) is 19.4 Å². The number of halogens is 1. The second kappa shape index (κ2) is 7.47. The lowest BCUT2D eigenvalue weighted by Crippen LogP contribution is -2.52. The summed E-state index contributed by atoms with van der Waals surface area (Å²) in [6, 6.07) is 0. The first-order chi connectivity index (χ1) is 10.5. The number of imidazole rings is 1. The molecule has 6 heteroatoms. The van der Waals surface area contributed by atoms with E-state index in [2.05, 4.69) is 21.4 Å². The van der Waals surface area contributed by atoms with Crippen LogP contribution in [0.3, 0.4) is 0 Å². The standard InChI is InChI=1S/C16H27ClN4O/c1-4-14-18-5-6-20(14)10-7-19-8-11-21(12-9-19)15(22)16(2,3)13-17/h5-6H,4,7-13H2,1-3H3. The van der Waals surface area contributed by atoms with Gasteiger partial charge in [-0.1, -0.05) is 6.92 Å². The van der Waals surface area contributed by atoms with E-state index < -0.39 is 5.41 Å². The predicted molar refractivity (Wildman–Crippen MR) is 89.1 cm³/mol. The van der Waals surface area contributed by atoms with Crippen molar-refractivity contribution in [3.8, 4) is 0 Å². The molecule has 124 valence electrons. The summed E-state index contributed by atoms with van der Waals surface area (Å²) < 4.78 is 2.22. The summed E-state index contributed by atoms with van der Waals surface area (Å²) in [6.07, 6.45) is 4.87. The van der Waals surface area contributed by atoms with E-state index in [-0.39, 0.29) is 5.91 Å². The summed E-state index contributed by atoms with van der Waals surface area (Å²) in [5, 5.41) is 0. The zero-order valence-corrected chi connectivity index (χ0v) is 14.6. The molecular weight excluding hydrogens is 300 g/mol. The number of alkyl halides is 1. The highest BCUT2D eigenvalue weighted by atomic mass is 35.5. The highest BCUT2D eigenvalue weighted by Crippen LogP contribution is 2.21. The van der Waals surface area contributed by atoms with E-state index in [1.807, 2.05) is 31.1 Å². The fourth-order valence-electron chi connectivity index (χ4n) is 2.77. The molecule has 1 saturated heterocycles. The van der Waals surface area contributed by atoms with Crippen LogP contribution < -0.4 is 0 Å². The van der Waals surface area contributed by atoms with Gasteiger partial charge in [-0.15, -0.1) is 11.6 Å². The Hall–Kier alpha value is -1.07. The maximum atomic E-state index is 12.4. The largest absolute Gasteiger partial charge is 0.340 e. The molecule has 2 rings (SSSR count). The fraction of sp³-hybridized carbons (Fsp3) is 0.750. The van der Waals surface area contributed by atoms with Crippen molar-refractivity contribution in [2.75, 3.05) is 38.6 Å². The van der Waals surface area contributed by atoms with E-state index in [0.29, 0.717) is 5.88 Å². The number of hydrogen-bond acceptors (Lipinski definition) is 3. The van der Waals surface area contributed by atoms with E-state index in [1.165, 1.54) is 0 Å². The molecule has 0 unspecified atom stereocenters. The topological polar surface area (TPSA) is 41.4 Å². The van der Waals surface area contributed by atoms with Crippen molar-refractivity contribution in [3.05, 3.63) is 18.2 Å². The van der Waals surface area contributed by atoms with Gasteiger partial charge in [0.2, 0.25) is 5.91 Å². The van der Waals surface area contributed by atoms with Gasteiger partial charge < -0.3 is 9.47 Å². The number of carbonyl (C=O) groups is 1. The minimum absolute atomic E-state index is 0.171. The summed E-state index contributed by atoms with van der Waals surface area (Å²) >= 11 is 5.90. The number of aryl methyl sites for hydroxylation is 1. The first kappa shape index (κ1) is 17.3. The van der Waals surface area contributed by atoms with Crippen LogP contribution in [0.4, 0.5) is 0 Å². The Balaban J connectivity index is 1.79. The van der Waals surface area contributed by atoms with E-state index in [1.54, 1.807) is 0 Å². The van der Waals surface area contributed by atoms with Gasteiger partial charge in [-0.25, -0.2) is 4.98 Å². The molecule has 1 aromatic heterocycles. The van der Waals surface area contributed by atoms with Crippen molar-refractivity contribution >= 4 is 17.5 Å². The van der Waals surface area contributed by atoms with Gasteiger partial charge in [0.1, 0.15) is 5.82 Å². The van der Waals surface area contributed by atoms with Gasteiger partial charge in [-0.3, -0.25) is 9.69 Å². The number of nitrogens with zero attached hydrogens (tertiary/aromatic N) is 4. The average molecular weight is 327 g/mol. The highest BCUT2D eigenvalue weighted by Gasteiger charge is 2.32. The van der Waals surface area contributed by atoms with E-state index in [9.17, 15) is 4.79 Å². The number of rotatable bonds is 6. The van der Waals surface area contributed by atoms with Gasteiger partial charge in [-0.05, 0) is 13.8 Å². The molecule has 1 aromatic rings. The molecule has 22 heavy (non-hydrogen) atoms. The summed E-state index contributed by atoms with van der Waals surface area (Å²) in [7, 11) is 0. The molecule has 0 aromatic carbocycles. The predicted octanol–water partition coefficient (Wildman–Crippen LogP) is 1.85. The summed E-state index contributed by atoms with van der Waals surface area (Å²) in [4.78, 5) is 21.1. The molecule has 0 radical (unpaired) electrons. The van der Waals surface area contributed by atoms with E-state index in [0.717, 1.165) is 51.5 Å². The quantitative estimate of drug-likeness (QED) is 0.749. The lowest BCUT2D eigenvalue weighted by Gasteiger charge is -2.38. The summed E-state index contributed by atoms with van der Waals surface area (Å²) in [5.74, 6) is 1.68. The lowest BCUT2D eigenvalue weighted by molar-refractivity contribution is -0.141. The molecule has 1 fully saturated rings. The summed E-state index contributed by atoms with van der Waals surface area (Å²) in [6.45, 7) is 11.4. The van der Waals surface area contributed by atoms with Crippen LogP contribution >= 0.6 is 11.6 Å². The third kappa shape index (κ3) is 4.02. The van der Waals surface area contributed by atoms with Gasteiger partial charge in [-0.2, -0.15) is 0 Å². The Kier molecular flexibility index (Phi) is 5.87. The molecule has 0 aliphatic carbocycles. The molecule has 5 nitrogen and oxygen atoms in total. The van der Waals surface area contributed by atoms with Crippen molar-refractivity contribution in [2.24, 2.45) is 5.41 Å². The Morgan fingerprint density at radius 3 is 2.55 bits per heavy atom. The number of aromatic nitrogens is 2. The lowest BCUT2D eigenvalue weighted by atomic mass is 9.94. The van der Waals surface area contributed by atoms with Crippen molar-refractivity contribution < 1.29 is 4.79 Å². The molecule has 0 spiro atoms. The second-order valence-corrected chi connectivity index (χ2v) is 6.81. The van der Waals surface area contributed by atoms with Gasteiger partial charge in [0.25, 0.3) is 0 Å². The number of amides is 1. The van der Waals surface area contributed by atoms with Crippen LogP contribution in [0.5, 0.6) is 0 Å². The Morgan fingerprint density at radius 1 is 1.27 bits per heavy atom. The van der Waals surface area contributed by atoms with E-state index in [4.69, 9.17) is 11.6 Å². The highest BCUT2D eigenvalue weighted by molar-refractivity contribution is 6.19. The zero-order valence-electron chi connectivity index (χ0n) is 13.9. The van der Waals surface area contributed by atoms with Crippen molar-refractivity contribution in [2.45, 2.75) is 33.7 Å². The maximum absolute atomic E-state index is 12.4. The second-order valence-electron chi connectivity index (χ2n) is 6.54. The van der Waals surface area contributed by atoms with E-state index >= 15 is 0 Å². The normalized spacial score (nSPS) is 17.0. The Labute approximate surface area is 138 Å². The number of hydrogen-bond donors (Lipinski definition) is 0. The van der Waals surface area contributed by atoms with Crippen LogP contribution in [-0.2, 0) is 17.8 Å². The third-order valence-electron chi connectivity index (χ3n) is 4.35. The van der Waals surface area contributed by atoms with Crippen LogP contribution in [0.25, 0.3) is 0 Å². The molecule has 1 aliphatic heterocycles. The minimum atomic E-state index is -0.462. The first-order valence-corrected chi connectivity index (χ1v) is 8.59. The third-order valence-corrected chi connectivity index (χ3v) is 5.02. The molecule has 0 saturated carbocycles. The SMILES string of the molecule is CCc1nccn1CCN1CCN(C(=O)C(C)(C)CCl)CC1. The van der Waals surface area contributed by atoms with Gasteiger partial charge in [0, 0.05) is 64.0 Å². The molecule has 0 bridgehead atoms. The zero-order chi connectivity index (χ0) is 16.2. The van der Waals surface area contributed by atoms with Crippen LogP contribution in [0.2, 0.25) is 0 Å². The molecule has 1 amide bonds. The Bertz CT molecular complexity index is 492. The van der Waals surface area contributed by atoms with Crippen LogP contribution in [0, 0.1) is 5.41 Å². The Morgan fingerprint density at radius 2 is 1.95 bits per heavy atom. The molecule has 0 atom stereocenters. The monoisotopic (exact) mass is 326 g/mol. The summed E-state index contributed by atoms with van der Waals surface area (Å²) in [5.41, 5.74) is -0.462. The van der Waals surface area contributed by atoms with Crippen LogP contribution in [0.1, 0.15) is 26.6 Å². The van der Waals surface area contributed by atoms with Gasteiger partial charge in [0.05, 0.1) is 5.41 Å². The minimum Gasteiger partial charge on any atom is -0.340 e. The first-order valence-electron chi connectivity index (χ1n) is 8.05. The molecule has 0 N–H and O–H groups in total. The van der Waals surface area contributed by atoms with Crippen molar-refractivity contribution in [1.29, 1.82) is 0 Å². The molecule has 1 aliphatic rings. The maximum Gasteiger partial charge on any atom is 0.229 e. The molecule has 2 heterocycles. The smallest absolute Gasteiger partial charge is 0.229 e. The average Bonchev–Trinajstić information content (AvgIpc) is 3.00. The van der Waals surface area contributed by atoms with Crippen LogP contribution in [0.15, 0.2) is 12.4 Å². The number of piperazine rings is 1.